The van der Waals surface area contributed by atoms with Crippen molar-refractivity contribution in [3.8, 4) is 5.75 Å². The normalized spacial score (nSPS) is 25.1. The number of hydrogen-bond acceptors (Lipinski definition) is 15. The zero-order valence-corrected chi connectivity index (χ0v) is 28.2. The van der Waals surface area contributed by atoms with E-state index in [0.29, 0.717) is 41.6 Å². The standard InChI is InChI=1S/C28H36N8O11S2/c1-27(2)21(24(39)36(27)47-49(42,43)44)34-23(38)20(17-12-48-26(30)33-17)35-46-28(3,25(40)41)19-7-5-13-8-14(4-6-18(13)45-19)22(29)32-15-9-16(11-37)31-10-15/h4,6,8,12,15-16,19,21,31,37H,5,7,9-11H2,1-3H3,(H2,29,32)(H2,30,33)(H,34,38)(H,40,41)(H,42,43,44)/b35-20-/t15-,16-,19-,21-,28?/m1/s1. The molecule has 2 amide bonds. The van der Waals surface area contributed by atoms with Gasteiger partial charge in [0.15, 0.2) is 16.9 Å². The molecule has 1 aromatic heterocycles. The van der Waals surface area contributed by atoms with E-state index in [1.54, 1.807) is 12.1 Å². The molecule has 19 nitrogen and oxygen atoms in total. The molecule has 2 saturated heterocycles. The fourth-order valence-electron chi connectivity index (χ4n) is 5.64. The summed E-state index contributed by atoms with van der Waals surface area (Å²) >= 11 is 0.958. The number of carboxylic acid groups (broad SMARTS) is 1. The number of nitrogen functional groups attached to an aromatic ring is 1. The van der Waals surface area contributed by atoms with E-state index < -0.39 is 57.2 Å². The molecule has 0 radical (unpaired) electrons. The number of amides is 2. The predicted molar refractivity (Wildman–Crippen MR) is 173 cm³/mol. The van der Waals surface area contributed by atoms with Gasteiger partial charge in [-0.2, -0.15) is 13.5 Å². The van der Waals surface area contributed by atoms with Crippen LogP contribution >= 0.6 is 11.3 Å². The van der Waals surface area contributed by atoms with Gasteiger partial charge in [-0.25, -0.2) is 9.78 Å². The lowest BCUT2D eigenvalue weighted by Gasteiger charge is -2.50. The molecular weight excluding hydrogens is 688 g/mol. The van der Waals surface area contributed by atoms with Crippen molar-refractivity contribution in [2.75, 3.05) is 18.9 Å². The third-order valence-electron chi connectivity index (χ3n) is 8.51. The summed E-state index contributed by atoms with van der Waals surface area (Å²) in [7, 11) is -5.03. The summed E-state index contributed by atoms with van der Waals surface area (Å²) < 4.78 is 41.7. The summed E-state index contributed by atoms with van der Waals surface area (Å²) in [6.45, 7) is 4.57. The number of aliphatic imine (C=N–C) groups is 1. The Morgan fingerprint density at radius 3 is 2.67 bits per heavy atom. The Bertz CT molecular complexity index is 1810. The lowest BCUT2D eigenvalue weighted by atomic mass is 9.84. The summed E-state index contributed by atoms with van der Waals surface area (Å²) in [5.41, 5.74) is 9.25. The highest BCUT2D eigenvalue weighted by atomic mass is 32.3. The summed E-state index contributed by atoms with van der Waals surface area (Å²) in [5, 5.41) is 30.9. The first-order valence-electron chi connectivity index (χ1n) is 14.9. The minimum absolute atomic E-state index is 0.0120. The van der Waals surface area contributed by atoms with E-state index in [1.807, 2.05) is 6.07 Å². The zero-order valence-electron chi connectivity index (χ0n) is 26.5. The van der Waals surface area contributed by atoms with Crippen molar-refractivity contribution in [1.82, 2.24) is 20.7 Å². The van der Waals surface area contributed by atoms with Gasteiger partial charge in [0.2, 0.25) is 0 Å². The van der Waals surface area contributed by atoms with Crippen LogP contribution in [0.5, 0.6) is 5.75 Å². The first-order chi connectivity index (χ1) is 22.9. The molecule has 5 atom stereocenters. The molecule has 0 spiro atoms. The highest BCUT2D eigenvalue weighted by Gasteiger charge is 2.58. The number of amidine groups is 1. The second-order valence-electron chi connectivity index (χ2n) is 12.4. The number of aryl methyl sites for hydroxylation is 1. The maximum absolute atomic E-state index is 13.4. The number of aliphatic carboxylic acids is 1. The Hall–Kier alpha value is -4.41. The number of aromatic nitrogens is 1. The molecule has 0 bridgehead atoms. The molecule has 49 heavy (non-hydrogen) atoms. The number of nitrogens with two attached hydrogens (primary N) is 2. The Balaban J connectivity index is 1.34. The van der Waals surface area contributed by atoms with Crippen molar-refractivity contribution in [3.05, 3.63) is 40.4 Å². The predicted octanol–water partition coefficient (Wildman–Crippen LogP) is -1.05. The number of β-lactam (4-membered cyclic amide) rings is 1. The molecule has 1 aromatic carbocycles. The van der Waals surface area contributed by atoms with Crippen LogP contribution in [-0.4, -0.2) is 111 Å². The average molecular weight is 725 g/mol. The number of carbonyl (C=O) groups excluding carboxylic acids is 2. The molecule has 2 aromatic rings. The molecule has 21 heteroatoms. The number of carboxylic acids is 1. The number of nitrogens with zero attached hydrogens (tertiary/aromatic N) is 4. The van der Waals surface area contributed by atoms with Gasteiger partial charge in [0.05, 0.1) is 18.2 Å². The van der Waals surface area contributed by atoms with E-state index in [0.717, 1.165) is 16.9 Å². The molecule has 2 fully saturated rings. The molecule has 4 heterocycles. The molecule has 1 unspecified atom stereocenters. The van der Waals surface area contributed by atoms with Crippen molar-refractivity contribution >= 4 is 56.2 Å². The highest BCUT2D eigenvalue weighted by molar-refractivity contribution is 7.80. The van der Waals surface area contributed by atoms with E-state index in [-0.39, 0.29) is 35.9 Å². The molecule has 0 aliphatic carbocycles. The van der Waals surface area contributed by atoms with Gasteiger partial charge in [0, 0.05) is 23.5 Å². The number of anilines is 1. The lowest BCUT2D eigenvalue weighted by Crippen LogP contribution is -2.76. The van der Waals surface area contributed by atoms with Crippen LogP contribution in [0.4, 0.5) is 5.13 Å². The van der Waals surface area contributed by atoms with E-state index in [1.165, 1.54) is 26.2 Å². The number of carbonyl (C=O) groups is 3. The van der Waals surface area contributed by atoms with E-state index in [9.17, 15) is 33.0 Å². The summed E-state index contributed by atoms with van der Waals surface area (Å²) in [6.07, 6.45) is 0.131. The van der Waals surface area contributed by atoms with Crippen LogP contribution in [0.15, 0.2) is 33.7 Å². The van der Waals surface area contributed by atoms with Gasteiger partial charge in [0.25, 0.3) is 17.4 Å². The first-order valence-corrected chi connectivity index (χ1v) is 17.2. The van der Waals surface area contributed by atoms with E-state index in [2.05, 4.69) is 30.0 Å². The Morgan fingerprint density at radius 2 is 2.08 bits per heavy atom. The number of oxime groups is 1. The van der Waals surface area contributed by atoms with Gasteiger partial charge in [-0.05, 0) is 63.8 Å². The minimum Gasteiger partial charge on any atom is -0.485 e. The smallest absolute Gasteiger partial charge is 0.418 e. The average Bonchev–Trinajstić information content (AvgIpc) is 3.69. The SMILES string of the molecule is CC(O/N=C(\C(=O)N[C@@H]1C(=O)N(OS(=O)(=O)O)C1(C)C)c1csc(N)n1)(C(=O)O)[C@H]1CCc2cc(C(N)=N[C@H]3CN[C@@H](CO)C3)ccc2O1. The van der Waals surface area contributed by atoms with Gasteiger partial charge in [-0.3, -0.25) is 19.1 Å². The number of thiazole rings is 1. The Kier molecular flexibility index (Phi) is 9.87. The van der Waals surface area contributed by atoms with Crippen LogP contribution in [-0.2, 0) is 40.3 Å². The van der Waals surface area contributed by atoms with Gasteiger partial charge in [-0.15, -0.1) is 15.6 Å². The van der Waals surface area contributed by atoms with Crippen molar-refractivity contribution in [2.24, 2.45) is 15.9 Å². The maximum atomic E-state index is 13.4. The highest BCUT2D eigenvalue weighted by Crippen LogP contribution is 2.35. The van der Waals surface area contributed by atoms with Crippen LogP contribution in [0.3, 0.4) is 0 Å². The summed E-state index contributed by atoms with van der Waals surface area (Å²) in [5.74, 6) is -2.76. The number of fused-ring (bicyclic) bond motifs is 1. The fraction of sp³-hybridized carbons (Fsp3) is 0.500. The maximum Gasteiger partial charge on any atom is 0.418 e. The van der Waals surface area contributed by atoms with Crippen molar-refractivity contribution in [2.45, 2.75) is 75.4 Å². The van der Waals surface area contributed by atoms with Gasteiger partial charge in [-0.1, -0.05) is 5.16 Å². The van der Waals surface area contributed by atoms with E-state index in [4.69, 9.17) is 25.6 Å². The van der Waals surface area contributed by atoms with Crippen LogP contribution in [0.25, 0.3) is 0 Å². The molecule has 9 N–H and O–H groups in total. The fourth-order valence-corrected chi connectivity index (χ4v) is 6.64. The Labute approximate surface area is 284 Å². The molecule has 0 saturated carbocycles. The molecular formula is C28H36N8O11S2. The third kappa shape index (κ3) is 7.45. The molecule has 3 aliphatic heterocycles. The van der Waals surface area contributed by atoms with E-state index >= 15 is 0 Å². The minimum atomic E-state index is -5.03. The summed E-state index contributed by atoms with van der Waals surface area (Å²) in [6, 6.07) is 3.71. The van der Waals surface area contributed by atoms with Crippen LogP contribution in [0.2, 0.25) is 0 Å². The topological polar surface area (TPSA) is 291 Å². The van der Waals surface area contributed by atoms with Gasteiger partial charge in [0.1, 0.15) is 23.3 Å². The van der Waals surface area contributed by atoms with Gasteiger partial charge < -0.3 is 41.9 Å². The van der Waals surface area contributed by atoms with Crippen LogP contribution in [0.1, 0.15) is 50.4 Å². The number of rotatable bonds is 12. The largest absolute Gasteiger partial charge is 0.485 e. The van der Waals surface area contributed by atoms with Crippen LogP contribution in [0, 0.1) is 0 Å². The molecule has 266 valence electrons. The third-order valence-corrected chi connectivity index (χ3v) is 9.52. The number of hydrogen-bond donors (Lipinski definition) is 7. The van der Waals surface area contributed by atoms with Crippen molar-refractivity contribution in [1.29, 1.82) is 0 Å². The van der Waals surface area contributed by atoms with Gasteiger partial charge >= 0.3 is 16.4 Å². The van der Waals surface area contributed by atoms with Crippen molar-refractivity contribution < 1.29 is 51.4 Å². The monoisotopic (exact) mass is 724 g/mol. The van der Waals surface area contributed by atoms with Crippen LogP contribution < -0.4 is 26.8 Å². The number of ether oxygens (including phenoxy) is 1. The second-order valence-corrected chi connectivity index (χ2v) is 14.3. The summed E-state index contributed by atoms with van der Waals surface area (Å²) in [4.78, 5) is 52.9. The zero-order chi connectivity index (χ0) is 35.9. The quantitative estimate of drug-likeness (QED) is 0.0452. The first kappa shape index (κ1) is 35.9. The second kappa shape index (κ2) is 13.5. The lowest BCUT2D eigenvalue weighted by molar-refractivity contribution is -0.218. The number of benzene rings is 1. The van der Waals surface area contributed by atoms with Crippen molar-refractivity contribution in [3.63, 3.8) is 0 Å². The number of nitrogens with one attached hydrogen (secondary N) is 2. The number of aliphatic hydroxyl groups excluding tert-OH is 1. The molecule has 3 aliphatic rings. The number of hydroxylamine groups is 2. The molecule has 5 rings (SSSR count). The Morgan fingerprint density at radius 1 is 1.35 bits per heavy atom. The number of aliphatic hydroxyl groups is 1.